The van der Waals surface area contributed by atoms with Crippen molar-refractivity contribution in [2.75, 3.05) is 25.0 Å². The maximum absolute atomic E-state index is 8.98. The molecule has 1 N–H and O–H groups in total. The highest BCUT2D eigenvalue weighted by atomic mass is 15.1. The van der Waals surface area contributed by atoms with E-state index in [9.17, 15) is 0 Å². The second-order valence-corrected chi connectivity index (χ2v) is 5.05. The predicted molar refractivity (Wildman–Crippen MR) is 74.4 cm³/mol. The minimum atomic E-state index is 0.181. The quantitative estimate of drug-likeness (QED) is 0.876. The Morgan fingerprint density at radius 2 is 2.26 bits per heavy atom. The third-order valence-electron chi connectivity index (χ3n) is 3.33. The summed E-state index contributed by atoms with van der Waals surface area (Å²) >= 11 is 0. The van der Waals surface area contributed by atoms with Crippen LogP contribution in [-0.4, -0.2) is 34.5 Å². The van der Waals surface area contributed by atoms with Gasteiger partial charge in [-0.15, -0.1) is 0 Å². The summed E-state index contributed by atoms with van der Waals surface area (Å²) in [6.45, 7) is 5.78. The van der Waals surface area contributed by atoms with Gasteiger partial charge in [-0.1, -0.05) is 6.92 Å². The van der Waals surface area contributed by atoms with Crippen LogP contribution in [0.25, 0.3) is 0 Å². The lowest BCUT2D eigenvalue weighted by Gasteiger charge is -2.29. The fourth-order valence-electron chi connectivity index (χ4n) is 2.33. The molecule has 0 saturated carbocycles. The number of nitrogens with zero attached hydrogens (tertiary/aromatic N) is 4. The number of anilines is 1. The van der Waals surface area contributed by atoms with Crippen LogP contribution in [0.2, 0.25) is 0 Å². The van der Waals surface area contributed by atoms with Crippen molar-refractivity contribution in [2.45, 2.75) is 32.7 Å². The van der Waals surface area contributed by atoms with Gasteiger partial charge in [-0.05, 0) is 25.8 Å². The minimum Gasteiger partial charge on any atom is -0.354 e. The normalized spacial score (nSPS) is 19.9. The van der Waals surface area contributed by atoms with Gasteiger partial charge in [0, 0.05) is 37.6 Å². The Morgan fingerprint density at radius 3 is 2.95 bits per heavy atom. The summed E-state index contributed by atoms with van der Waals surface area (Å²) < 4.78 is 0. The molecule has 0 aromatic carbocycles. The van der Waals surface area contributed by atoms with Gasteiger partial charge in [-0.25, -0.2) is 9.97 Å². The maximum Gasteiger partial charge on any atom is 0.222 e. The molecular weight excluding hydrogens is 238 g/mol. The van der Waals surface area contributed by atoms with E-state index in [-0.39, 0.29) is 5.92 Å². The number of piperidine rings is 1. The van der Waals surface area contributed by atoms with Gasteiger partial charge >= 0.3 is 0 Å². The highest BCUT2D eigenvalue weighted by Crippen LogP contribution is 2.17. The molecular formula is C14H21N5. The van der Waals surface area contributed by atoms with Crippen molar-refractivity contribution in [3.8, 4) is 6.07 Å². The van der Waals surface area contributed by atoms with Crippen LogP contribution in [-0.2, 0) is 6.54 Å². The summed E-state index contributed by atoms with van der Waals surface area (Å²) in [6, 6.07) is 2.37. The Balaban J connectivity index is 1.87. The van der Waals surface area contributed by atoms with E-state index < -0.39 is 0 Å². The van der Waals surface area contributed by atoms with Gasteiger partial charge in [-0.3, -0.25) is 4.90 Å². The third-order valence-corrected chi connectivity index (χ3v) is 3.33. The lowest BCUT2D eigenvalue weighted by atomic mass is 9.99. The largest absolute Gasteiger partial charge is 0.354 e. The van der Waals surface area contributed by atoms with Crippen molar-refractivity contribution in [1.29, 1.82) is 5.26 Å². The van der Waals surface area contributed by atoms with Crippen LogP contribution < -0.4 is 5.32 Å². The van der Waals surface area contributed by atoms with Crippen LogP contribution in [0.3, 0.4) is 0 Å². The maximum atomic E-state index is 8.98. The second kappa shape index (κ2) is 7.05. The number of nitrogens with one attached hydrogen (secondary N) is 1. The number of aromatic nitrogens is 2. The summed E-state index contributed by atoms with van der Waals surface area (Å²) in [7, 11) is 0. The Labute approximate surface area is 114 Å². The molecule has 0 aliphatic carbocycles. The predicted octanol–water partition coefficient (Wildman–Crippen LogP) is 2.03. The monoisotopic (exact) mass is 259 g/mol. The average Bonchev–Trinajstić information content (AvgIpc) is 2.47. The number of hydrogen-bond acceptors (Lipinski definition) is 5. The van der Waals surface area contributed by atoms with Crippen molar-refractivity contribution in [3.63, 3.8) is 0 Å². The number of likely N-dealkylation sites (tertiary alicyclic amines) is 1. The van der Waals surface area contributed by atoms with Crippen molar-refractivity contribution in [1.82, 2.24) is 14.9 Å². The van der Waals surface area contributed by atoms with E-state index in [0.717, 1.165) is 51.0 Å². The minimum absolute atomic E-state index is 0.181. The van der Waals surface area contributed by atoms with Gasteiger partial charge in [0.05, 0.1) is 12.0 Å². The Bertz CT molecular complexity index is 422. The lowest BCUT2D eigenvalue weighted by Crippen LogP contribution is -2.34. The fourth-order valence-corrected chi connectivity index (χ4v) is 2.33. The first-order valence-electron chi connectivity index (χ1n) is 6.98. The molecule has 1 aliphatic rings. The molecule has 0 radical (unpaired) electrons. The molecule has 5 nitrogen and oxygen atoms in total. The third kappa shape index (κ3) is 4.18. The van der Waals surface area contributed by atoms with E-state index in [0.29, 0.717) is 5.95 Å². The lowest BCUT2D eigenvalue weighted by molar-refractivity contribution is 0.192. The van der Waals surface area contributed by atoms with E-state index >= 15 is 0 Å². The van der Waals surface area contributed by atoms with Crippen LogP contribution in [0.4, 0.5) is 5.95 Å². The first-order valence-corrected chi connectivity index (χ1v) is 6.98. The van der Waals surface area contributed by atoms with Crippen LogP contribution in [0, 0.1) is 17.2 Å². The summed E-state index contributed by atoms with van der Waals surface area (Å²) in [5, 5.41) is 12.1. The molecule has 19 heavy (non-hydrogen) atoms. The van der Waals surface area contributed by atoms with Crippen LogP contribution in [0.5, 0.6) is 0 Å². The standard InChI is InChI=1S/C14H21N5/c1-2-5-16-14-17-8-13(9-18-14)11-19-6-3-4-12(7-15)10-19/h8-9,12H,2-6,10-11H2,1H3,(H,16,17,18)/t12-/m1/s1. The molecule has 2 heterocycles. The molecule has 1 fully saturated rings. The van der Waals surface area contributed by atoms with Gasteiger partial charge in [0.2, 0.25) is 5.95 Å². The fraction of sp³-hybridized carbons (Fsp3) is 0.643. The SMILES string of the molecule is CCCNc1ncc(CN2CCC[C@H](C#N)C2)cn1. The molecule has 1 saturated heterocycles. The van der Waals surface area contributed by atoms with Gasteiger partial charge < -0.3 is 5.32 Å². The molecule has 1 atom stereocenters. The molecule has 102 valence electrons. The van der Waals surface area contributed by atoms with E-state index in [1.165, 1.54) is 0 Å². The molecule has 0 spiro atoms. The van der Waals surface area contributed by atoms with Gasteiger partial charge in [0.25, 0.3) is 0 Å². The Hall–Kier alpha value is -1.67. The smallest absolute Gasteiger partial charge is 0.222 e. The van der Waals surface area contributed by atoms with Crippen molar-refractivity contribution in [3.05, 3.63) is 18.0 Å². The highest BCUT2D eigenvalue weighted by molar-refractivity contribution is 5.24. The number of hydrogen-bond donors (Lipinski definition) is 1. The first kappa shape index (κ1) is 13.8. The van der Waals surface area contributed by atoms with Crippen molar-refractivity contribution in [2.24, 2.45) is 5.92 Å². The summed E-state index contributed by atoms with van der Waals surface area (Å²) in [5.41, 5.74) is 1.11. The zero-order valence-electron chi connectivity index (χ0n) is 11.5. The summed E-state index contributed by atoms with van der Waals surface area (Å²) in [6.07, 6.45) is 6.95. The van der Waals surface area contributed by atoms with E-state index in [1.54, 1.807) is 0 Å². The molecule has 1 aliphatic heterocycles. The molecule has 0 bridgehead atoms. The van der Waals surface area contributed by atoms with Gasteiger partial charge in [-0.2, -0.15) is 5.26 Å². The second-order valence-electron chi connectivity index (χ2n) is 5.05. The van der Waals surface area contributed by atoms with Crippen molar-refractivity contribution < 1.29 is 0 Å². The zero-order chi connectivity index (χ0) is 13.5. The van der Waals surface area contributed by atoms with Crippen molar-refractivity contribution >= 4 is 5.95 Å². The summed E-state index contributed by atoms with van der Waals surface area (Å²) in [5.74, 6) is 0.874. The zero-order valence-corrected chi connectivity index (χ0v) is 11.5. The van der Waals surface area contributed by atoms with Gasteiger partial charge in [0.15, 0.2) is 0 Å². The molecule has 0 amide bonds. The number of nitriles is 1. The van der Waals surface area contributed by atoms with E-state index in [2.05, 4.69) is 33.2 Å². The van der Waals surface area contributed by atoms with Crippen LogP contribution in [0.15, 0.2) is 12.4 Å². The highest BCUT2D eigenvalue weighted by Gasteiger charge is 2.19. The average molecular weight is 259 g/mol. The van der Waals surface area contributed by atoms with E-state index in [1.807, 2.05) is 12.4 Å². The molecule has 5 heteroatoms. The van der Waals surface area contributed by atoms with Gasteiger partial charge in [0.1, 0.15) is 0 Å². The Morgan fingerprint density at radius 1 is 1.47 bits per heavy atom. The summed E-state index contributed by atoms with van der Waals surface area (Å²) in [4.78, 5) is 10.9. The number of rotatable bonds is 5. The van der Waals surface area contributed by atoms with Crippen LogP contribution in [0.1, 0.15) is 31.7 Å². The molecule has 0 unspecified atom stereocenters. The van der Waals surface area contributed by atoms with E-state index in [4.69, 9.17) is 5.26 Å². The topological polar surface area (TPSA) is 64.8 Å². The first-order chi connectivity index (χ1) is 9.31. The molecule has 1 aromatic rings. The molecule has 1 aromatic heterocycles. The Kier molecular flexibility index (Phi) is 5.10. The molecule has 2 rings (SSSR count). The van der Waals surface area contributed by atoms with Crippen LogP contribution >= 0.6 is 0 Å².